The zero-order valence-electron chi connectivity index (χ0n) is 8.15. The number of carbonyl (C=O) groups excluding carboxylic acids is 1. The standard InChI is InChI=1S/C10H11BrN2OS/c11-9-7-8(1-2-12-9)10(14)13-3-5-15-6-4-13/h1-2,7H,3-6H2. The highest BCUT2D eigenvalue weighted by molar-refractivity contribution is 9.10. The molecule has 15 heavy (non-hydrogen) atoms. The predicted molar refractivity (Wildman–Crippen MR) is 65.2 cm³/mol. The van der Waals surface area contributed by atoms with Crippen LogP contribution in [0.25, 0.3) is 0 Å². The van der Waals surface area contributed by atoms with Crippen LogP contribution in [0.5, 0.6) is 0 Å². The minimum absolute atomic E-state index is 0.110. The van der Waals surface area contributed by atoms with Crippen molar-refractivity contribution in [3.05, 3.63) is 28.5 Å². The Bertz CT molecular complexity index is 366. The first-order valence-electron chi connectivity index (χ1n) is 4.76. The maximum absolute atomic E-state index is 12.0. The number of hydrogen-bond acceptors (Lipinski definition) is 3. The molecule has 1 aromatic rings. The topological polar surface area (TPSA) is 33.2 Å². The first kappa shape index (κ1) is 11.0. The van der Waals surface area contributed by atoms with Gasteiger partial charge in [0.15, 0.2) is 0 Å². The molecule has 0 spiro atoms. The van der Waals surface area contributed by atoms with E-state index in [0.29, 0.717) is 10.2 Å². The molecule has 0 atom stereocenters. The van der Waals surface area contributed by atoms with E-state index >= 15 is 0 Å². The van der Waals surface area contributed by atoms with Crippen molar-refractivity contribution < 1.29 is 4.79 Å². The number of rotatable bonds is 1. The molecule has 1 aromatic heterocycles. The van der Waals surface area contributed by atoms with Crippen molar-refractivity contribution in [3.63, 3.8) is 0 Å². The zero-order valence-corrected chi connectivity index (χ0v) is 10.6. The van der Waals surface area contributed by atoms with Crippen LogP contribution < -0.4 is 0 Å². The molecule has 1 aliphatic heterocycles. The molecule has 1 fully saturated rings. The van der Waals surface area contributed by atoms with Crippen molar-refractivity contribution in [1.82, 2.24) is 9.88 Å². The van der Waals surface area contributed by atoms with Crippen molar-refractivity contribution in [2.75, 3.05) is 24.6 Å². The second kappa shape index (κ2) is 4.99. The van der Waals surface area contributed by atoms with Crippen molar-refractivity contribution in [2.24, 2.45) is 0 Å². The van der Waals surface area contributed by atoms with Gasteiger partial charge in [0.05, 0.1) is 0 Å². The molecule has 2 heterocycles. The summed E-state index contributed by atoms with van der Waals surface area (Å²) < 4.78 is 0.708. The Morgan fingerprint density at radius 2 is 2.20 bits per heavy atom. The van der Waals surface area contributed by atoms with Crippen LogP contribution in [0, 0.1) is 0 Å². The van der Waals surface area contributed by atoms with E-state index in [4.69, 9.17) is 0 Å². The molecule has 0 aliphatic carbocycles. The number of carbonyl (C=O) groups is 1. The number of halogens is 1. The van der Waals surface area contributed by atoms with Crippen LogP contribution >= 0.6 is 27.7 Å². The summed E-state index contributed by atoms with van der Waals surface area (Å²) >= 11 is 5.17. The third kappa shape index (κ3) is 2.72. The van der Waals surface area contributed by atoms with Gasteiger partial charge in [-0.25, -0.2) is 4.98 Å². The summed E-state index contributed by atoms with van der Waals surface area (Å²) in [6.07, 6.45) is 1.65. The lowest BCUT2D eigenvalue weighted by Gasteiger charge is -2.26. The lowest BCUT2D eigenvalue weighted by Crippen LogP contribution is -2.37. The Morgan fingerprint density at radius 3 is 2.87 bits per heavy atom. The van der Waals surface area contributed by atoms with Gasteiger partial charge in [0.1, 0.15) is 4.60 Å². The summed E-state index contributed by atoms with van der Waals surface area (Å²) in [4.78, 5) is 17.9. The van der Waals surface area contributed by atoms with E-state index in [1.807, 2.05) is 16.7 Å². The number of amides is 1. The van der Waals surface area contributed by atoms with Gasteiger partial charge in [-0.15, -0.1) is 0 Å². The molecule has 1 saturated heterocycles. The van der Waals surface area contributed by atoms with Crippen LogP contribution in [0.1, 0.15) is 10.4 Å². The first-order valence-corrected chi connectivity index (χ1v) is 6.71. The fraction of sp³-hybridized carbons (Fsp3) is 0.400. The smallest absolute Gasteiger partial charge is 0.254 e. The van der Waals surface area contributed by atoms with E-state index in [-0.39, 0.29) is 5.91 Å². The van der Waals surface area contributed by atoms with Gasteiger partial charge in [0.2, 0.25) is 0 Å². The van der Waals surface area contributed by atoms with Crippen molar-refractivity contribution in [1.29, 1.82) is 0 Å². The number of thioether (sulfide) groups is 1. The molecule has 0 radical (unpaired) electrons. The van der Waals surface area contributed by atoms with Gasteiger partial charge in [-0.05, 0) is 28.1 Å². The van der Waals surface area contributed by atoms with E-state index in [1.54, 1.807) is 18.3 Å². The Balaban J connectivity index is 2.12. The lowest BCUT2D eigenvalue weighted by molar-refractivity contribution is 0.0772. The van der Waals surface area contributed by atoms with Gasteiger partial charge in [-0.2, -0.15) is 11.8 Å². The molecular formula is C10H11BrN2OS. The highest BCUT2D eigenvalue weighted by Gasteiger charge is 2.18. The van der Waals surface area contributed by atoms with Crippen LogP contribution in [0.15, 0.2) is 22.9 Å². The van der Waals surface area contributed by atoms with Crippen LogP contribution in [-0.4, -0.2) is 40.4 Å². The summed E-state index contributed by atoms with van der Waals surface area (Å²) in [6, 6.07) is 3.53. The fourth-order valence-electron chi connectivity index (χ4n) is 1.48. The van der Waals surface area contributed by atoms with Gasteiger partial charge < -0.3 is 4.90 Å². The normalized spacial score (nSPS) is 16.5. The third-order valence-electron chi connectivity index (χ3n) is 2.27. The Labute approximate surface area is 101 Å². The molecular weight excluding hydrogens is 276 g/mol. The van der Waals surface area contributed by atoms with Gasteiger partial charge in [0, 0.05) is 36.4 Å². The van der Waals surface area contributed by atoms with Gasteiger partial charge >= 0.3 is 0 Å². The maximum atomic E-state index is 12.0. The average Bonchev–Trinajstić information content (AvgIpc) is 2.29. The second-order valence-electron chi connectivity index (χ2n) is 3.27. The molecule has 80 valence electrons. The number of nitrogens with zero attached hydrogens (tertiary/aromatic N) is 2. The molecule has 1 aliphatic rings. The Morgan fingerprint density at radius 1 is 1.47 bits per heavy atom. The van der Waals surface area contributed by atoms with Crippen molar-refractivity contribution in [2.45, 2.75) is 0 Å². The second-order valence-corrected chi connectivity index (χ2v) is 5.31. The van der Waals surface area contributed by atoms with Crippen LogP contribution in [-0.2, 0) is 0 Å². The minimum Gasteiger partial charge on any atom is -0.337 e. The summed E-state index contributed by atoms with van der Waals surface area (Å²) in [5.41, 5.74) is 0.712. The Hall–Kier alpha value is -0.550. The molecule has 0 N–H and O–H groups in total. The van der Waals surface area contributed by atoms with Gasteiger partial charge in [-0.3, -0.25) is 4.79 Å². The van der Waals surface area contributed by atoms with E-state index in [1.165, 1.54) is 0 Å². The fourth-order valence-corrected chi connectivity index (χ4v) is 2.75. The summed E-state index contributed by atoms with van der Waals surface area (Å²) in [6.45, 7) is 1.70. The minimum atomic E-state index is 0.110. The highest BCUT2D eigenvalue weighted by atomic mass is 79.9. The number of hydrogen-bond donors (Lipinski definition) is 0. The summed E-state index contributed by atoms with van der Waals surface area (Å²) in [5.74, 6) is 2.19. The van der Waals surface area contributed by atoms with Crippen molar-refractivity contribution in [3.8, 4) is 0 Å². The van der Waals surface area contributed by atoms with E-state index in [2.05, 4.69) is 20.9 Å². The quantitative estimate of drug-likeness (QED) is 0.741. The Kier molecular flexibility index (Phi) is 3.64. The monoisotopic (exact) mass is 286 g/mol. The average molecular weight is 287 g/mol. The lowest BCUT2D eigenvalue weighted by atomic mass is 10.2. The van der Waals surface area contributed by atoms with Crippen LogP contribution in [0.2, 0.25) is 0 Å². The molecule has 5 heteroatoms. The van der Waals surface area contributed by atoms with E-state index < -0.39 is 0 Å². The molecule has 0 unspecified atom stereocenters. The molecule has 1 amide bonds. The zero-order chi connectivity index (χ0) is 10.7. The molecule has 2 rings (SSSR count). The SMILES string of the molecule is O=C(c1ccnc(Br)c1)N1CCSCC1. The number of pyridine rings is 1. The molecule has 0 bridgehead atoms. The number of aromatic nitrogens is 1. The van der Waals surface area contributed by atoms with Crippen molar-refractivity contribution >= 4 is 33.6 Å². The van der Waals surface area contributed by atoms with E-state index in [0.717, 1.165) is 24.6 Å². The van der Waals surface area contributed by atoms with Crippen LogP contribution in [0.3, 0.4) is 0 Å². The highest BCUT2D eigenvalue weighted by Crippen LogP contribution is 2.14. The van der Waals surface area contributed by atoms with Crippen LogP contribution in [0.4, 0.5) is 0 Å². The molecule has 3 nitrogen and oxygen atoms in total. The van der Waals surface area contributed by atoms with Gasteiger partial charge in [0.25, 0.3) is 5.91 Å². The first-order chi connectivity index (χ1) is 7.27. The summed E-state index contributed by atoms with van der Waals surface area (Å²) in [7, 11) is 0. The third-order valence-corrected chi connectivity index (χ3v) is 3.65. The maximum Gasteiger partial charge on any atom is 0.254 e. The van der Waals surface area contributed by atoms with Gasteiger partial charge in [-0.1, -0.05) is 0 Å². The largest absolute Gasteiger partial charge is 0.337 e. The molecule has 0 saturated carbocycles. The molecule has 0 aromatic carbocycles. The summed E-state index contributed by atoms with van der Waals surface area (Å²) in [5, 5.41) is 0. The van der Waals surface area contributed by atoms with E-state index in [9.17, 15) is 4.79 Å². The predicted octanol–water partition coefficient (Wildman–Crippen LogP) is 2.03.